The minimum absolute atomic E-state index is 0.00859. The molecule has 2 nitrogen and oxygen atoms in total. The number of fused-ring (bicyclic) bond motifs is 2. The molecule has 0 saturated carbocycles. The van der Waals surface area contributed by atoms with Crippen LogP contribution in [0, 0.1) is 0 Å². The third kappa shape index (κ3) is 1.25. The monoisotopic (exact) mass is 253 g/mol. The van der Waals surface area contributed by atoms with Crippen molar-refractivity contribution in [2.45, 2.75) is 12.8 Å². The first-order valence-electron chi connectivity index (χ1n) is 6.04. The Kier molecular flexibility index (Phi) is 2.00. The number of thiophene rings is 1. The van der Waals surface area contributed by atoms with Crippen molar-refractivity contribution < 1.29 is 0 Å². The van der Waals surface area contributed by atoms with Crippen LogP contribution in [0.25, 0.3) is 21.9 Å². The zero-order valence-corrected chi connectivity index (χ0v) is 10.5. The van der Waals surface area contributed by atoms with Gasteiger partial charge in [-0.25, -0.2) is 0 Å². The largest absolute Gasteiger partial charge is 0.328 e. The summed E-state index contributed by atoms with van der Waals surface area (Å²) in [6.45, 7) is 0. The van der Waals surface area contributed by atoms with Gasteiger partial charge in [0.1, 0.15) is 0 Å². The maximum Gasteiger partial charge on any atom is 0.255 e. The Morgan fingerprint density at radius 2 is 2.06 bits per heavy atom. The molecular formula is C15H11NOS. The molecule has 0 bridgehead atoms. The summed E-state index contributed by atoms with van der Waals surface area (Å²) in [6.07, 6.45) is 3.95. The normalized spacial score (nSPS) is 13.3. The Hall–Kier alpha value is -1.87. The van der Waals surface area contributed by atoms with Crippen molar-refractivity contribution in [3.63, 3.8) is 0 Å². The molecule has 2 heterocycles. The summed E-state index contributed by atoms with van der Waals surface area (Å²) < 4.78 is 0. The van der Waals surface area contributed by atoms with Gasteiger partial charge in [0.2, 0.25) is 0 Å². The molecule has 4 rings (SSSR count). The van der Waals surface area contributed by atoms with E-state index in [1.807, 2.05) is 18.3 Å². The topological polar surface area (TPSA) is 32.9 Å². The van der Waals surface area contributed by atoms with Crippen molar-refractivity contribution in [1.29, 1.82) is 0 Å². The zero-order chi connectivity index (χ0) is 12.1. The first-order valence-corrected chi connectivity index (χ1v) is 6.92. The van der Waals surface area contributed by atoms with Crippen LogP contribution in [0.1, 0.15) is 10.4 Å². The van der Waals surface area contributed by atoms with Crippen molar-refractivity contribution in [1.82, 2.24) is 4.98 Å². The summed E-state index contributed by atoms with van der Waals surface area (Å²) >= 11 is 1.81. The van der Waals surface area contributed by atoms with E-state index in [2.05, 4.69) is 22.5 Å². The highest BCUT2D eigenvalue weighted by Gasteiger charge is 2.18. The third-order valence-corrected chi connectivity index (χ3v) is 4.65. The number of pyridine rings is 1. The molecule has 2 aromatic heterocycles. The van der Waals surface area contributed by atoms with Crippen LogP contribution in [0.15, 0.2) is 40.6 Å². The summed E-state index contributed by atoms with van der Waals surface area (Å²) in [5, 5.41) is 4.08. The Morgan fingerprint density at radius 3 is 3.00 bits per heavy atom. The summed E-state index contributed by atoms with van der Waals surface area (Å²) in [6, 6.07) is 8.20. The van der Waals surface area contributed by atoms with Crippen molar-refractivity contribution >= 4 is 22.1 Å². The van der Waals surface area contributed by atoms with Crippen molar-refractivity contribution in [2.75, 3.05) is 0 Å². The minimum atomic E-state index is 0.00859. The van der Waals surface area contributed by atoms with Gasteiger partial charge in [0.05, 0.1) is 0 Å². The van der Waals surface area contributed by atoms with Gasteiger partial charge in [0, 0.05) is 22.0 Å². The summed E-state index contributed by atoms with van der Waals surface area (Å²) in [7, 11) is 0. The maximum absolute atomic E-state index is 11.9. The van der Waals surface area contributed by atoms with Crippen LogP contribution in [0.3, 0.4) is 0 Å². The molecule has 1 aromatic carbocycles. The number of aromatic nitrogens is 1. The van der Waals surface area contributed by atoms with Crippen LogP contribution in [0.2, 0.25) is 0 Å². The number of hydrogen-bond donors (Lipinski definition) is 1. The third-order valence-electron chi connectivity index (χ3n) is 3.67. The molecule has 0 radical (unpaired) electrons. The number of nitrogens with one attached hydrogen (secondary N) is 1. The lowest BCUT2D eigenvalue weighted by Crippen LogP contribution is -2.06. The van der Waals surface area contributed by atoms with Crippen LogP contribution >= 0.6 is 11.3 Å². The van der Waals surface area contributed by atoms with E-state index in [-0.39, 0.29) is 5.56 Å². The van der Waals surface area contributed by atoms with Gasteiger partial charge in [0.25, 0.3) is 5.56 Å². The number of aryl methyl sites for hydroxylation is 2. The zero-order valence-electron chi connectivity index (χ0n) is 9.69. The highest BCUT2D eigenvalue weighted by Crippen LogP contribution is 2.37. The lowest BCUT2D eigenvalue weighted by atomic mass is 9.99. The molecule has 0 amide bonds. The van der Waals surface area contributed by atoms with Gasteiger partial charge in [0.15, 0.2) is 0 Å². The second-order valence-corrected chi connectivity index (χ2v) is 5.63. The minimum Gasteiger partial charge on any atom is -0.328 e. The van der Waals surface area contributed by atoms with Crippen molar-refractivity contribution in [3.05, 3.63) is 56.6 Å². The van der Waals surface area contributed by atoms with Crippen molar-refractivity contribution in [3.8, 4) is 11.1 Å². The second kappa shape index (κ2) is 3.56. The quantitative estimate of drug-likeness (QED) is 0.654. The Labute approximate surface area is 108 Å². The molecule has 88 valence electrons. The predicted molar refractivity (Wildman–Crippen MR) is 75.3 cm³/mol. The van der Waals surface area contributed by atoms with E-state index in [1.165, 1.54) is 21.6 Å². The summed E-state index contributed by atoms with van der Waals surface area (Å²) in [5.41, 5.74) is 3.76. The van der Waals surface area contributed by atoms with Gasteiger partial charge < -0.3 is 4.98 Å². The van der Waals surface area contributed by atoms with Gasteiger partial charge in [-0.3, -0.25) is 4.79 Å². The molecule has 1 aliphatic rings. The van der Waals surface area contributed by atoms with Gasteiger partial charge in [-0.2, -0.15) is 0 Å². The lowest BCUT2D eigenvalue weighted by Gasteiger charge is -2.07. The Morgan fingerprint density at radius 1 is 1.11 bits per heavy atom. The molecular weight excluding hydrogens is 242 g/mol. The fraction of sp³-hybridized carbons (Fsp3) is 0.133. The first kappa shape index (κ1) is 10.1. The first-order chi connectivity index (χ1) is 8.84. The van der Waals surface area contributed by atoms with E-state index >= 15 is 0 Å². The van der Waals surface area contributed by atoms with E-state index < -0.39 is 0 Å². The van der Waals surface area contributed by atoms with Crippen LogP contribution in [0.5, 0.6) is 0 Å². The fourth-order valence-electron chi connectivity index (χ4n) is 2.84. The van der Waals surface area contributed by atoms with Crippen molar-refractivity contribution in [2.24, 2.45) is 0 Å². The fourth-order valence-corrected chi connectivity index (χ4v) is 3.73. The van der Waals surface area contributed by atoms with E-state index in [1.54, 1.807) is 11.3 Å². The van der Waals surface area contributed by atoms with Gasteiger partial charge in [-0.05, 0) is 46.9 Å². The Balaban J connectivity index is 2.25. The maximum atomic E-state index is 11.9. The van der Waals surface area contributed by atoms with E-state index in [9.17, 15) is 4.79 Å². The molecule has 0 aliphatic heterocycles. The van der Waals surface area contributed by atoms with E-state index in [4.69, 9.17) is 0 Å². The SMILES string of the molecule is O=c1[nH]cc2c3c(cccc13)CCc1sccc1-2. The summed E-state index contributed by atoms with van der Waals surface area (Å²) in [4.78, 5) is 16.2. The van der Waals surface area contributed by atoms with Crippen LogP contribution in [-0.4, -0.2) is 4.98 Å². The summed E-state index contributed by atoms with van der Waals surface area (Å²) in [5.74, 6) is 0. The standard InChI is InChI=1S/C15H11NOS/c17-15-11-3-1-2-9-4-5-13-10(6-7-18-13)12(8-16-15)14(9)11/h1-3,6-8H,4-5H2,(H,16,17). The van der Waals surface area contributed by atoms with Crippen LogP contribution in [0.4, 0.5) is 0 Å². The van der Waals surface area contributed by atoms with Gasteiger partial charge >= 0.3 is 0 Å². The Bertz CT molecular complexity index is 813. The van der Waals surface area contributed by atoms with Crippen LogP contribution < -0.4 is 5.56 Å². The smallest absolute Gasteiger partial charge is 0.255 e. The second-order valence-electron chi connectivity index (χ2n) is 4.63. The number of hydrogen-bond acceptors (Lipinski definition) is 2. The van der Waals surface area contributed by atoms with E-state index in [0.717, 1.165) is 23.6 Å². The van der Waals surface area contributed by atoms with Gasteiger partial charge in [-0.1, -0.05) is 12.1 Å². The predicted octanol–water partition coefficient (Wildman–Crippen LogP) is 3.36. The molecule has 1 aliphatic carbocycles. The number of H-pyrrole nitrogens is 1. The number of rotatable bonds is 0. The molecule has 3 heteroatoms. The molecule has 18 heavy (non-hydrogen) atoms. The highest BCUT2D eigenvalue weighted by molar-refractivity contribution is 7.10. The molecule has 0 fully saturated rings. The van der Waals surface area contributed by atoms with Crippen LogP contribution in [-0.2, 0) is 12.8 Å². The highest BCUT2D eigenvalue weighted by atomic mass is 32.1. The lowest BCUT2D eigenvalue weighted by molar-refractivity contribution is 0.999. The molecule has 1 N–H and O–H groups in total. The molecule has 0 atom stereocenters. The number of aromatic amines is 1. The average Bonchev–Trinajstić information content (AvgIpc) is 2.80. The average molecular weight is 253 g/mol. The van der Waals surface area contributed by atoms with E-state index in [0.29, 0.717) is 0 Å². The molecule has 0 saturated heterocycles. The molecule has 0 unspecified atom stereocenters. The molecule has 0 spiro atoms. The van der Waals surface area contributed by atoms with Gasteiger partial charge in [-0.15, -0.1) is 11.3 Å². The number of benzene rings is 1. The molecule has 3 aromatic rings.